The fraction of sp³-hybridized carbons (Fsp3) is 0.583. The Hall–Kier alpha value is -2.48. The molecule has 6 nitrogen and oxygen atoms in total. The van der Waals surface area contributed by atoms with Crippen LogP contribution in [-0.4, -0.2) is 53.5 Å². The van der Waals surface area contributed by atoms with Crippen LogP contribution < -0.4 is 0 Å². The molecule has 0 spiro atoms. The van der Waals surface area contributed by atoms with E-state index in [0.717, 1.165) is 18.9 Å². The molecule has 0 saturated carbocycles. The van der Waals surface area contributed by atoms with E-state index < -0.39 is 24.2 Å². The number of rotatable bonds is 12. The van der Waals surface area contributed by atoms with Gasteiger partial charge in [-0.1, -0.05) is 55.3 Å². The highest BCUT2D eigenvalue weighted by Crippen LogP contribution is 2.32. The summed E-state index contributed by atoms with van der Waals surface area (Å²) in [7, 11) is 0. The average Bonchev–Trinajstić information content (AvgIpc) is 2.75. The number of aliphatic hydroxyl groups is 1. The molecule has 8 heteroatoms. The van der Waals surface area contributed by atoms with Crippen LogP contribution in [0.3, 0.4) is 0 Å². The number of aliphatic hydroxyl groups excluding tert-OH is 1. The number of carbonyl (C=O) groups excluding carboxylic acids is 2. The van der Waals surface area contributed by atoms with Crippen LogP contribution in [0, 0.1) is 0 Å². The Morgan fingerprint density at radius 1 is 1.25 bits per heavy atom. The highest BCUT2D eigenvalue weighted by molar-refractivity contribution is 5.69. The summed E-state index contributed by atoms with van der Waals surface area (Å²) >= 11 is 0. The van der Waals surface area contributed by atoms with Crippen molar-refractivity contribution in [2.45, 2.75) is 76.5 Å². The molecule has 1 N–H and O–H groups in total. The van der Waals surface area contributed by atoms with Crippen LogP contribution in [0.1, 0.15) is 57.9 Å². The van der Waals surface area contributed by atoms with Gasteiger partial charge in [0.1, 0.15) is 6.10 Å². The van der Waals surface area contributed by atoms with Crippen molar-refractivity contribution in [3.05, 3.63) is 48.0 Å². The lowest BCUT2D eigenvalue weighted by molar-refractivity contribution is -0.147. The topological polar surface area (TPSA) is 76.1 Å². The molecule has 2 rings (SSSR count). The molecule has 0 aromatic heterocycles. The summed E-state index contributed by atoms with van der Waals surface area (Å²) in [5, 5.41) is 10.1. The van der Waals surface area contributed by atoms with E-state index in [1.807, 2.05) is 13.8 Å². The van der Waals surface area contributed by atoms with Crippen LogP contribution in [-0.2, 0) is 20.2 Å². The Balaban J connectivity index is 1.83. The molecule has 0 unspecified atom stereocenters. The van der Waals surface area contributed by atoms with Crippen LogP contribution in [0.5, 0.6) is 0 Å². The molecule has 2 atom stereocenters. The van der Waals surface area contributed by atoms with Crippen LogP contribution in [0.25, 0.3) is 0 Å². The van der Waals surface area contributed by atoms with Crippen LogP contribution in [0.2, 0.25) is 0 Å². The van der Waals surface area contributed by atoms with Crippen LogP contribution in [0.15, 0.2) is 42.5 Å². The Morgan fingerprint density at radius 2 is 1.94 bits per heavy atom. The first kappa shape index (κ1) is 25.8. The monoisotopic (exact) mass is 453 g/mol. The van der Waals surface area contributed by atoms with Crippen LogP contribution in [0.4, 0.5) is 13.6 Å². The molecular weight excluding hydrogens is 420 g/mol. The van der Waals surface area contributed by atoms with E-state index >= 15 is 0 Å². The number of cyclic esters (lactones) is 1. The average molecular weight is 454 g/mol. The van der Waals surface area contributed by atoms with E-state index in [2.05, 4.69) is 0 Å². The minimum Gasteiger partial charge on any atom is -0.463 e. The van der Waals surface area contributed by atoms with Crippen molar-refractivity contribution in [3.63, 3.8) is 0 Å². The van der Waals surface area contributed by atoms with E-state index in [-0.39, 0.29) is 24.2 Å². The smallest absolute Gasteiger partial charge is 0.410 e. The largest absolute Gasteiger partial charge is 0.463 e. The quantitative estimate of drug-likeness (QED) is 0.279. The fourth-order valence-corrected chi connectivity index (χ4v) is 3.51. The van der Waals surface area contributed by atoms with Gasteiger partial charge in [0.2, 0.25) is 0 Å². The number of hydrogen-bond acceptors (Lipinski definition) is 5. The predicted molar refractivity (Wildman–Crippen MR) is 116 cm³/mol. The molecular formula is C24H33F2NO5. The van der Waals surface area contributed by atoms with Gasteiger partial charge in [-0.25, -0.2) is 4.79 Å². The second kappa shape index (κ2) is 12.5. The highest BCUT2D eigenvalue weighted by Gasteiger charge is 2.39. The number of alkyl halides is 2. The third-order valence-electron chi connectivity index (χ3n) is 5.22. The first-order valence-corrected chi connectivity index (χ1v) is 11.1. The van der Waals surface area contributed by atoms with Gasteiger partial charge in [-0.3, -0.25) is 4.79 Å². The summed E-state index contributed by atoms with van der Waals surface area (Å²) in [5.74, 6) is -3.65. The number of carbonyl (C=O) groups is 2. The zero-order valence-electron chi connectivity index (χ0n) is 18.7. The first-order chi connectivity index (χ1) is 15.2. The number of hydrogen-bond donors (Lipinski definition) is 1. The van der Waals surface area contributed by atoms with Gasteiger partial charge in [-0.15, -0.1) is 0 Å². The second-order valence-electron chi connectivity index (χ2n) is 8.19. The standard InChI is InChI=1S/C24H33F2NO5/c1-18(2)32-22(29)12-8-3-4-9-16-27-20(15-17-31-23(27)30)13-14-21(28)24(25,26)19-10-6-5-7-11-19/h5-7,10-11,13-14,18,20-21,28H,3-4,8-9,12,15-17H2,1-2H3/b14-13+/t20-,21+/m0/s1. The minimum atomic E-state index is -3.44. The zero-order chi connectivity index (χ0) is 23.6. The maximum atomic E-state index is 14.5. The van der Waals surface area contributed by atoms with Gasteiger partial charge in [0.05, 0.1) is 18.8 Å². The van der Waals surface area contributed by atoms with E-state index in [0.29, 0.717) is 32.2 Å². The summed E-state index contributed by atoms with van der Waals surface area (Å²) < 4.78 is 39.2. The molecule has 0 aliphatic carbocycles. The van der Waals surface area contributed by atoms with Crippen molar-refractivity contribution < 1.29 is 33.0 Å². The van der Waals surface area contributed by atoms with Gasteiger partial charge >= 0.3 is 18.0 Å². The summed E-state index contributed by atoms with van der Waals surface area (Å²) in [6, 6.07) is 6.73. The molecule has 32 heavy (non-hydrogen) atoms. The number of ether oxygens (including phenoxy) is 2. The Bertz CT molecular complexity index is 754. The molecule has 1 aliphatic rings. The third kappa shape index (κ3) is 7.89. The van der Waals surface area contributed by atoms with Crippen LogP contribution >= 0.6 is 0 Å². The molecule has 0 radical (unpaired) electrons. The summed E-state index contributed by atoms with van der Waals surface area (Å²) in [5.41, 5.74) is -0.269. The van der Waals surface area contributed by atoms with E-state index in [1.54, 1.807) is 6.07 Å². The SMILES string of the molecule is CC(C)OC(=O)CCCCCCN1C(=O)OCC[C@@H]1/C=C/[C@@H](O)C(F)(F)c1ccccc1. The summed E-state index contributed by atoms with van der Waals surface area (Å²) in [4.78, 5) is 25.2. The van der Waals surface area contributed by atoms with Gasteiger partial charge in [0, 0.05) is 24.9 Å². The summed E-state index contributed by atoms with van der Waals surface area (Å²) in [6.07, 6.45) is 3.77. The van der Waals surface area contributed by atoms with E-state index in [1.165, 1.54) is 35.2 Å². The molecule has 1 saturated heterocycles. The number of unbranched alkanes of at least 4 members (excludes halogenated alkanes) is 3. The second-order valence-corrected chi connectivity index (χ2v) is 8.19. The maximum absolute atomic E-state index is 14.5. The van der Waals surface area contributed by atoms with Gasteiger partial charge in [0.15, 0.2) is 0 Å². The minimum absolute atomic E-state index is 0.122. The van der Waals surface area contributed by atoms with E-state index in [4.69, 9.17) is 9.47 Å². The Kier molecular flexibility index (Phi) is 10.1. The lowest BCUT2D eigenvalue weighted by Crippen LogP contribution is -2.45. The van der Waals surface area contributed by atoms with Crippen molar-refractivity contribution >= 4 is 12.1 Å². The Labute approximate surface area is 188 Å². The van der Waals surface area contributed by atoms with Crippen molar-refractivity contribution in [1.82, 2.24) is 4.90 Å². The molecule has 1 aromatic carbocycles. The van der Waals surface area contributed by atoms with E-state index in [9.17, 15) is 23.5 Å². The highest BCUT2D eigenvalue weighted by atomic mass is 19.3. The number of amides is 1. The van der Waals surface area contributed by atoms with Gasteiger partial charge in [-0.2, -0.15) is 8.78 Å². The molecule has 178 valence electrons. The molecule has 1 amide bonds. The maximum Gasteiger partial charge on any atom is 0.410 e. The molecule has 1 aromatic rings. The molecule has 1 fully saturated rings. The lowest BCUT2D eigenvalue weighted by atomic mass is 10.0. The van der Waals surface area contributed by atoms with Gasteiger partial charge in [-0.05, 0) is 26.7 Å². The number of esters is 1. The van der Waals surface area contributed by atoms with Crippen molar-refractivity contribution in [1.29, 1.82) is 0 Å². The number of benzene rings is 1. The summed E-state index contributed by atoms with van der Waals surface area (Å²) in [6.45, 7) is 4.23. The first-order valence-electron chi connectivity index (χ1n) is 11.1. The Morgan fingerprint density at radius 3 is 2.62 bits per heavy atom. The third-order valence-corrected chi connectivity index (χ3v) is 5.22. The number of nitrogens with zero attached hydrogens (tertiary/aromatic N) is 1. The molecule has 0 bridgehead atoms. The van der Waals surface area contributed by atoms with Crippen molar-refractivity contribution in [3.8, 4) is 0 Å². The molecule has 1 aliphatic heterocycles. The normalized spacial score (nSPS) is 18.1. The molecule has 1 heterocycles. The zero-order valence-corrected chi connectivity index (χ0v) is 18.7. The predicted octanol–water partition coefficient (Wildman–Crippen LogP) is 4.81. The van der Waals surface area contributed by atoms with Crippen molar-refractivity contribution in [2.24, 2.45) is 0 Å². The van der Waals surface area contributed by atoms with Crippen molar-refractivity contribution in [2.75, 3.05) is 13.2 Å². The van der Waals surface area contributed by atoms with Gasteiger partial charge in [0.25, 0.3) is 0 Å². The van der Waals surface area contributed by atoms with Gasteiger partial charge < -0.3 is 19.5 Å². The fourth-order valence-electron chi connectivity index (χ4n) is 3.51. The number of halogens is 2. The lowest BCUT2D eigenvalue weighted by Gasteiger charge is -2.33.